The summed E-state index contributed by atoms with van der Waals surface area (Å²) in [7, 11) is 0. The van der Waals surface area contributed by atoms with Crippen molar-refractivity contribution in [3.8, 4) is 0 Å². The number of hydrogen-bond donors (Lipinski definition) is 1. The summed E-state index contributed by atoms with van der Waals surface area (Å²) in [5, 5.41) is 9.04. The van der Waals surface area contributed by atoms with Gasteiger partial charge >= 0.3 is 154 Å². The van der Waals surface area contributed by atoms with E-state index in [1.807, 2.05) is 0 Å². The third kappa shape index (κ3) is 4.14. The van der Waals surface area contributed by atoms with Crippen LogP contribution in [0.3, 0.4) is 0 Å². The molecule has 0 atom stereocenters. The predicted octanol–water partition coefficient (Wildman–Crippen LogP) is 2.17. The molecule has 3 aromatic rings. The van der Waals surface area contributed by atoms with Crippen LogP contribution in [0.15, 0.2) is 91.0 Å². The van der Waals surface area contributed by atoms with E-state index in [2.05, 4.69) is 91.0 Å². The minimum atomic E-state index is -3.15. The van der Waals surface area contributed by atoms with Gasteiger partial charge in [0.25, 0.3) is 0 Å². The van der Waals surface area contributed by atoms with Gasteiger partial charge in [0.2, 0.25) is 0 Å². The van der Waals surface area contributed by atoms with E-state index in [1.165, 1.54) is 10.7 Å². The van der Waals surface area contributed by atoms with Gasteiger partial charge in [-0.05, 0) is 0 Å². The van der Waals surface area contributed by atoms with Crippen molar-refractivity contribution in [2.45, 2.75) is 4.44 Å². The van der Waals surface area contributed by atoms with Gasteiger partial charge in [-0.2, -0.15) is 0 Å². The van der Waals surface area contributed by atoms with Crippen LogP contribution in [0.4, 0.5) is 0 Å². The Bertz CT molecular complexity index is 648. The molecule has 128 valence electrons. The second kappa shape index (κ2) is 9.18. The van der Waals surface area contributed by atoms with Crippen LogP contribution >= 0.6 is 0 Å². The maximum atomic E-state index is 9.04. The fourth-order valence-corrected chi connectivity index (χ4v) is 16.6. The molecule has 0 saturated carbocycles. The first kappa shape index (κ1) is 18.2. The third-order valence-electron chi connectivity index (χ3n) is 4.66. The van der Waals surface area contributed by atoms with Crippen LogP contribution in [-0.4, -0.2) is 43.3 Å². The van der Waals surface area contributed by atoms with E-state index in [4.69, 9.17) is 9.84 Å². The molecule has 0 saturated heterocycles. The zero-order valence-electron chi connectivity index (χ0n) is 14.3. The molecule has 0 unspecified atom stereocenters. The molecule has 0 aliphatic heterocycles. The first-order chi connectivity index (χ1) is 12.4. The van der Waals surface area contributed by atoms with Crippen molar-refractivity contribution in [3.63, 3.8) is 0 Å². The van der Waals surface area contributed by atoms with Crippen LogP contribution in [0.5, 0.6) is 0 Å². The Morgan fingerprint density at radius 3 is 1.36 bits per heavy atom. The van der Waals surface area contributed by atoms with Crippen molar-refractivity contribution >= 4 is 29.1 Å². The first-order valence-corrected chi connectivity index (χ1v) is 15.0. The van der Waals surface area contributed by atoms with Crippen molar-refractivity contribution in [1.29, 1.82) is 0 Å². The summed E-state index contributed by atoms with van der Waals surface area (Å²) in [5.74, 6) is 0. The Hall–Kier alpha value is -1.62. The molecule has 0 fully saturated rings. The molecule has 0 aromatic heterocycles. The van der Waals surface area contributed by atoms with Crippen LogP contribution in [0.1, 0.15) is 0 Å². The SMILES string of the molecule is OCCOC[CH2][Sn]([c]1ccccc1)([c]1ccccc1)[c]1ccccc1. The summed E-state index contributed by atoms with van der Waals surface area (Å²) < 4.78 is 11.1. The summed E-state index contributed by atoms with van der Waals surface area (Å²) in [6.45, 7) is 1.15. The average molecular weight is 439 g/mol. The third-order valence-corrected chi connectivity index (χ3v) is 18.7. The van der Waals surface area contributed by atoms with Crippen molar-refractivity contribution < 1.29 is 9.84 Å². The molecule has 0 bridgehead atoms. The summed E-state index contributed by atoms with van der Waals surface area (Å²) >= 11 is -3.15. The Kier molecular flexibility index (Phi) is 6.68. The zero-order chi connectivity index (χ0) is 17.4. The van der Waals surface area contributed by atoms with E-state index in [0.29, 0.717) is 13.2 Å². The van der Waals surface area contributed by atoms with Gasteiger partial charge in [0.1, 0.15) is 0 Å². The van der Waals surface area contributed by atoms with Gasteiger partial charge in [-0.1, -0.05) is 0 Å². The molecule has 0 amide bonds. The monoisotopic (exact) mass is 440 g/mol. The van der Waals surface area contributed by atoms with E-state index in [1.54, 1.807) is 0 Å². The molecule has 0 spiro atoms. The molecule has 3 aromatic carbocycles. The molecule has 0 aliphatic rings. The van der Waals surface area contributed by atoms with Gasteiger partial charge in [-0.25, -0.2) is 0 Å². The fraction of sp³-hybridized carbons (Fsp3) is 0.182. The summed E-state index contributed by atoms with van der Waals surface area (Å²) in [6.07, 6.45) is 0. The fourth-order valence-electron chi connectivity index (χ4n) is 3.49. The van der Waals surface area contributed by atoms with Crippen molar-refractivity contribution in [2.75, 3.05) is 19.8 Å². The molecule has 0 aliphatic carbocycles. The standard InChI is InChI=1S/3C6H5.C4H9O2.Sn/c3*1-2-4-6-5-3-1;1-2-6-4-3-5;/h3*1-5H;5H,1-4H2;. The Balaban J connectivity index is 2.13. The van der Waals surface area contributed by atoms with Gasteiger partial charge in [0.05, 0.1) is 0 Å². The molecule has 2 nitrogen and oxygen atoms in total. The van der Waals surface area contributed by atoms with Crippen molar-refractivity contribution in [3.05, 3.63) is 91.0 Å². The maximum absolute atomic E-state index is 9.04. The second-order valence-electron chi connectivity index (χ2n) is 6.09. The van der Waals surface area contributed by atoms with Crippen LogP contribution in [0.2, 0.25) is 4.44 Å². The van der Waals surface area contributed by atoms with Crippen LogP contribution < -0.4 is 10.7 Å². The quantitative estimate of drug-likeness (QED) is 0.431. The predicted molar refractivity (Wildman–Crippen MR) is 107 cm³/mol. The summed E-state index contributed by atoms with van der Waals surface area (Å²) in [6, 6.07) is 32.8. The molecule has 1 N–H and O–H groups in total. The van der Waals surface area contributed by atoms with E-state index in [-0.39, 0.29) is 6.61 Å². The number of rotatable bonds is 8. The van der Waals surface area contributed by atoms with Gasteiger partial charge in [-0.3, -0.25) is 0 Å². The minimum absolute atomic E-state index is 0.0739. The van der Waals surface area contributed by atoms with E-state index in [9.17, 15) is 0 Å². The van der Waals surface area contributed by atoms with E-state index in [0.717, 1.165) is 4.44 Å². The first-order valence-electron chi connectivity index (χ1n) is 8.73. The molecule has 25 heavy (non-hydrogen) atoms. The number of ether oxygens (including phenoxy) is 1. The Labute approximate surface area is 154 Å². The summed E-state index contributed by atoms with van der Waals surface area (Å²) in [4.78, 5) is 0. The normalized spacial score (nSPS) is 11.4. The van der Waals surface area contributed by atoms with Gasteiger partial charge in [0.15, 0.2) is 0 Å². The Morgan fingerprint density at radius 2 is 1.00 bits per heavy atom. The van der Waals surface area contributed by atoms with Crippen LogP contribution in [0.25, 0.3) is 0 Å². The number of benzene rings is 3. The molecule has 0 heterocycles. The van der Waals surface area contributed by atoms with Crippen molar-refractivity contribution in [1.82, 2.24) is 0 Å². The zero-order valence-corrected chi connectivity index (χ0v) is 17.2. The van der Waals surface area contributed by atoms with Crippen LogP contribution in [0, 0.1) is 0 Å². The number of hydrogen-bond acceptors (Lipinski definition) is 2. The van der Waals surface area contributed by atoms with Crippen molar-refractivity contribution in [2.24, 2.45) is 0 Å². The molecule has 0 radical (unpaired) electrons. The molecule has 3 heteroatoms. The summed E-state index contributed by atoms with van der Waals surface area (Å²) in [5.41, 5.74) is 0. The molecular formula is C22H24O2Sn. The molecule has 3 rings (SSSR count). The Morgan fingerprint density at radius 1 is 0.600 bits per heavy atom. The number of aliphatic hydroxyl groups excluding tert-OH is 1. The van der Waals surface area contributed by atoms with Crippen LogP contribution in [-0.2, 0) is 4.74 Å². The van der Waals surface area contributed by atoms with E-state index < -0.39 is 18.4 Å². The molecular weight excluding hydrogens is 415 g/mol. The second-order valence-corrected chi connectivity index (χ2v) is 17.6. The van der Waals surface area contributed by atoms with Gasteiger partial charge < -0.3 is 0 Å². The number of aliphatic hydroxyl groups is 1. The average Bonchev–Trinajstić information content (AvgIpc) is 2.70. The topological polar surface area (TPSA) is 29.5 Å². The van der Waals surface area contributed by atoms with Gasteiger partial charge in [0, 0.05) is 0 Å². The van der Waals surface area contributed by atoms with Gasteiger partial charge in [-0.15, -0.1) is 0 Å². The van der Waals surface area contributed by atoms with E-state index >= 15 is 0 Å².